The Morgan fingerprint density at radius 1 is 1.33 bits per heavy atom. The van der Waals surface area contributed by atoms with E-state index in [4.69, 9.17) is 0 Å². The average molecular weight is 342 g/mol. The number of nitrogens with zero attached hydrogens (tertiary/aromatic N) is 5. The molecular weight excluding hydrogens is 324 g/mol. The van der Waals surface area contributed by atoms with Gasteiger partial charge in [-0.25, -0.2) is 9.67 Å². The number of thiazole rings is 1. The highest BCUT2D eigenvalue weighted by atomic mass is 32.1. The van der Waals surface area contributed by atoms with Gasteiger partial charge in [-0.3, -0.25) is 4.79 Å². The van der Waals surface area contributed by atoms with Gasteiger partial charge in [0.25, 0.3) is 0 Å². The molecule has 0 radical (unpaired) electrons. The smallest absolute Gasteiger partial charge is 0.224 e. The van der Waals surface area contributed by atoms with Crippen molar-refractivity contribution in [3.8, 4) is 5.69 Å². The third-order valence-corrected chi connectivity index (χ3v) is 4.73. The van der Waals surface area contributed by atoms with Crippen molar-refractivity contribution < 1.29 is 4.79 Å². The van der Waals surface area contributed by atoms with E-state index in [0.717, 1.165) is 16.3 Å². The number of hydrogen-bond donors (Lipinski definition) is 1. The molecule has 124 valence electrons. The van der Waals surface area contributed by atoms with E-state index in [1.807, 2.05) is 37.4 Å². The molecule has 24 heavy (non-hydrogen) atoms. The van der Waals surface area contributed by atoms with Crippen LogP contribution in [0.3, 0.4) is 0 Å². The van der Waals surface area contributed by atoms with Gasteiger partial charge in [0.15, 0.2) is 0 Å². The monoisotopic (exact) mass is 342 g/mol. The first-order valence-electron chi connectivity index (χ1n) is 7.63. The van der Waals surface area contributed by atoms with Crippen molar-refractivity contribution in [1.29, 1.82) is 0 Å². The molecule has 0 saturated heterocycles. The molecule has 0 aliphatic rings. The third kappa shape index (κ3) is 4.02. The summed E-state index contributed by atoms with van der Waals surface area (Å²) in [7, 11) is 0. The van der Waals surface area contributed by atoms with Gasteiger partial charge in [0.2, 0.25) is 5.91 Å². The van der Waals surface area contributed by atoms with Gasteiger partial charge in [-0.05, 0) is 35.0 Å². The Hall–Kier alpha value is -2.61. The largest absolute Gasteiger partial charge is 0.355 e. The van der Waals surface area contributed by atoms with Gasteiger partial charge >= 0.3 is 0 Å². The van der Waals surface area contributed by atoms with E-state index in [0.29, 0.717) is 13.0 Å². The van der Waals surface area contributed by atoms with Crippen LogP contribution in [0.1, 0.15) is 28.3 Å². The van der Waals surface area contributed by atoms with E-state index < -0.39 is 0 Å². The van der Waals surface area contributed by atoms with Crippen molar-refractivity contribution in [2.24, 2.45) is 0 Å². The molecule has 7 nitrogen and oxygen atoms in total. The van der Waals surface area contributed by atoms with Gasteiger partial charge < -0.3 is 5.32 Å². The van der Waals surface area contributed by atoms with Gasteiger partial charge in [-0.2, -0.15) is 0 Å². The van der Waals surface area contributed by atoms with E-state index in [9.17, 15) is 4.79 Å². The molecule has 2 heterocycles. The molecule has 0 aliphatic heterocycles. The molecule has 8 heteroatoms. The summed E-state index contributed by atoms with van der Waals surface area (Å²) in [6.07, 6.45) is 3.74. The normalized spacial score (nSPS) is 12.1. The van der Waals surface area contributed by atoms with Crippen molar-refractivity contribution >= 4 is 17.2 Å². The summed E-state index contributed by atoms with van der Waals surface area (Å²) in [6, 6.07) is 7.59. The van der Waals surface area contributed by atoms with Gasteiger partial charge in [0.1, 0.15) is 6.33 Å². The zero-order chi connectivity index (χ0) is 16.9. The number of carbonyl (C=O) groups is 1. The number of tetrazole rings is 1. The summed E-state index contributed by atoms with van der Waals surface area (Å²) in [5, 5.41) is 15.1. The molecule has 3 rings (SSSR count). The molecule has 1 aromatic carbocycles. The Morgan fingerprint density at radius 3 is 2.75 bits per heavy atom. The number of benzene rings is 1. The lowest BCUT2D eigenvalue weighted by Gasteiger charge is -2.10. The Bertz CT molecular complexity index is 796. The molecule has 3 aromatic rings. The Morgan fingerprint density at radius 2 is 2.12 bits per heavy atom. The van der Waals surface area contributed by atoms with Crippen LogP contribution < -0.4 is 5.32 Å². The summed E-state index contributed by atoms with van der Waals surface area (Å²) >= 11 is 1.67. The molecule has 0 bridgehead atoms. The SMILES string of the molecule is Cc1cnc([C@@H](C)CNC(=O)Cc2ccc(-n3cnnn3)cc2)s1. The van der Waals surface area contributed by atoms with Crippen molar-refractivity contribution in [3.63, 3.8) is 0 Å². The zero-order valence-corrected chi connectivity index (χ0v) is 14.3. The standard InChI is InChI=1S/C16H18N6OS/c1-11(16-18-9-12(2)24-16)8-17-15(23)7-13-3-5-14(6-4-13)22-10-19-20-21-22/h3-6,9-11H,7-8H2,1-2H3,(H,17,23)/t11-/m0/s1. The molecule has 2 aromatic heterocycles. The molecule has 1 N–H and O–H groups in total. The number of carbonyl (C=O) groups excluding carboxylic acids is 1. The zero-order valence-electron chi connectivity index (χ0n) is 13.5. The van der Waals surface area contributed by atoms with Crippen molar-refractivity contribution in [1.82, 2.24) is 30.5 Å². The quantitative estimate of drug-likeness (QED) is 0.739. The Balaban J connectivity index is 1.51. The summed E-state index contributed by atoms with van der Waals surface area (Å²) in [5.41, 5.74) is 1.80. The molecule has 1 amide bonds. The van der Waals surface area contributed by atoms with Crippen LogP contribution in [0.2, 0.25) is 0 Å². The van der Waals surface area contributed by atoms with Crippen LogP contribution in [0.5, 0.6) is 0 Å². The second-order valence-electron chi connectivity index (χ2n) is 5.61. The fourth-order valence-electron chi connectivity index (χ4n) is 2.25. The molecular formula is C16H18N6OS. The minimum atomic E-state index is 0.00491. The van der Waals surface area contributed by atoms with Gasteiger partial charge in [-0.1, -0.05) is 19.1 Å². The summed E-state index contributed by atoms with van der Waals surface area (Å²) in [4.78, 5) is 17.6. The summed E-state index contributed by atoms with van der Waals surface area (Å²) < 4.78 is 1.57. The molecule has 0 spiro atoms. The van der Waals surface area contributed by atoms with Gasteiger partial charge in [0.05, 0.1) is 17.1 Å². The van der Waals surface area contributed by atoms with Crippen molar-refractivity contribution in [2.45, 2.75) is 26.2 Å². The number of rotatable bonds is 6. The number of amides is 1. The van der Waals surface area contributed by atoms with Crippen LogP contribution in [0.15, 0.2) is 36.8 Å². The fourth-order valence-corrected chi connectivity index (χ4v) is 3.07. The first-order valence-corrected chi connectivity index (χ1v) is 8.45. The maximum Gasteiger partial charge on any atom is 0.224 e. The van der Waals surface area contributed by atoms with E-state index in [2.05, 4.69) is 32.7 Å². The van der Waals surface area contributed by atoms with Crippen LogP contribution in [-0.4, -0.2) is 37.6 Å². The maximum absolute atomic E-state index is 12.1. The summed E-state index contributed by atoms with van der Waals surface area (Å²) in [5.74, 6) is 0.222. The predicted molar refractivity (Wildman–Crippen MR) is 91.1 cm³/mol. The number of aryl methyl sites for hydroxylation is 1. The number of aromatic nitrogens is 5. The molecule has 0 unspecified atom stereocenters. The van der Waals surface area contributed by atoms with Gasteiger partial charge in [-0.15, -0.1) is 16.4 Å². The minimum absolute atomic E-state index is 0.00491. The van der Waals surface area contributed by atoms with E-state index in [1.165, 1.54) is 11.2 Å². The van der Waals surface area contributed by atoms with Crippen LogP contribution in [0, 0.1) is 6.92 Å². The van der Waals surface area contributed by atoms with Gasteiger partial charge in [0, 0.05) is 23.5 Å². The topological polar surface area (TPSA) is 85.6 Å². The van der Waals surface area contributed by atoms with Crippen molar-refractivity contribution in [3.05, 3.63) is 52.2 Å². The second kappa shape index (κ2) is 7.31. The summed E-state index contributed by atoms with van der Waals surface area (Å²) in [6.45, 7) is 4.69. The van der Waals surface area contributed by atoms with E-state index >= 15 is 0 Å². The van der Waals surface area contributed by atoms with E-state index in [1.54, 1.807) is 16.0 Å². The Labute approximate surface area is 143 Å². The maximum atomic E-state index is 12.1. The fraction of sp³-hybridized carbons (Fsp3) is 0.312. The molecule has 0 aliphatic carbocycles. The molecule has 0 fully saturated rings. The molecule has 1 atom stereocenters. The second-order valence-corrected chi connectivity index (χ2v) is 6.88. The average Bonchev–Trinajstić information content (AvgIpc) is 3.25. The van der Waals surface area contributed by atoms with Crippen LogP contribution in [0.4, 0.5) is 0 Å². The highest BCUT2D eigenvalue weighted by Gasteiger charge is 2.11. The molecule has 0 saturated carbocycles. The number of hydrogen-bond acceptors (Lipinski definition) is 6. The Kier molecular flexibility index (Phi) is 4.95. The minimum Gasteiger partial charge on any atom is -0.355 e. The van der Waals surface area contributed by atoms with E-state index in [-0.39, 0.29) is 11.8 Å². The van der Waals surface area contributed by atoms with Crippen molar-refractivity contribution in [2.75, 3.05) is 6.54 Å². The highest BCUT2D eigenvalue weighted by molar-refractivity contribution is 7.11. The lowest BCUT2D eigenvalue weighted by molar-refractivity contribution is -0.120. The van der Waals surface area contributed by atoms with Crippen LogP contribution in [0.25, 0.3) is 5.69 Å². The van der Waals surface area contributed by atoms with Crippen LogP contribution >= 0.6 is 11.3 Å². The lowest BCUT2D eigenvalue weighted by Crippen LogP contribution is -2.28. The predicted octanol–water partition coefficient (Wildman–Crippen LogP) is 1.89. The van der Waals surface area contributed by atoms with Crippen LogP contribution in [-0.2, 0) is 11.2 Å². The third-order valence-electron chi connectivity index (χ3n) is 3.58. The first-order chi connectivity index (χ1) is 11.6. The lowest BCUT2D eigenvalue weighted by atomic mass is 10.1. The number of nitrogens with one attached hydrogen (secondary N) is 1. The highest BCUT2D eigenvalue weighted by Crippen LogP contribution is 2.20. The first kappa shape index (κ1) is 16.3.